The van der Waals surface area contributed by atoms with Crippen molar-refractivity contribution in [3.05, 3.63) is 124 Å². The number of benzene rings is 4. The molecule has 0 fully saturated rings. The van der Waals surface area contributed by atoms with Crippen LogP contribution >= 0.6 is 0 Å². The Labute approximate surface area is 216 Å². The Bertz CT molecular complexity index is 1520. The van der Waals surface area contributed by atoms with Crippen molar-refractivity contribution in [2.24, 2.45) is 0 Å². The minimum atomic E-state index is -1.32. The first-order valence-electron chi connectivity index (χ1n) is 11.2. The zero-order valence-electron chi connectivity index (χ0n) is 19.7. The molecule has 0 unspecified atom stereocenters. The summed E-state index contributed by atoms with van der Waals surface area (Å²) < 4.78 is 10.6. The van der Waals surface area contributed by atoms with Crippen LogP contribution in [0.25, 0.3) is 0 Å². The molecule has 0 aromatic heterocycles. The minimum absolute atomic E-state index is 0.0480. The summed E-state index contributed by atoms with van der Waals surface area (Å²) in [5.74, 6) is -4.04. The van der Waals surface area contributed by atoms with Gasteiger partial charge in [-0.25, -0.2) is 19.2 Å². The van der Waals surface area contributed by atoms with Gasteiger partial charge in [0, 0.05) is 0 Å². The van der Waals surface area contributed by atoms with Crippen LogP contribution in [0.5, 0.6) is 17.2 Å². The molecule has 0 saturated carbocycles. The highest BCUT2D eigenvalue weighted by atomic mass is 16.5. The first kappa shape index (κ1) is 25.6. The largest absolute Gasteiger partial charge is 0.508 e. The highest BCUT2D eigenvalue weighted by Gasteiger charge is 2.20. The lowest BCUT2D eigenvalue weighted by molar-refractivity contribution is 0.0666. The Morgan fingerprint density at radius 1 is 0.553 bits per heavy atom. The van der Waals surface area contributed by atoms with Gasteiger partial charge in [-0.05, 0) is 72.1 Å². The second-order valence-electron chi connectivity index (χ2n) is 8.13. The third-order valence-corrected chi connectivity index (χ3v) is 5.51. The summed E-state index contributed by atoms with van der Waals surface area (Å²) >= 11 is 0. The van der Waals surface area contributed by atoms with Crippen molar-refractivity contribution in [1.29, 1.82) is 0 Å². The van der Waals surface area contributed by atoms with Crippen LogP contribution in [0.3, 0.4) is 0 Å². The maximum Gasteiger partial charge on any atom is 0.344 e. The van der Waals surface area contributed by atoms with E-state index in [4.69, 9.17) is 9.47 Å². The van der Waals surface area contributed by atoms with E-state index in [2.05, 4.69) is 0 Å². The van der Waals surface area contributed by atoms with E-state index in [0.717, 1.165) is 23.3 Å². The van der Waals surface area contributed by atoms with Crippen molar-refractivity contribution >= 4 is 23.9 Å². The number of phenols is 1. The second-order valence-corrected chi connectivity index (χ2v) is 8.13. The zero-order chi connectivity index (χ0) is 27.2. The Kier molecular flexibility index (Phi) is 7.48. The molecule has 190 valence electrons. The number of phenolic OH excluding ortho intramolecular Hbond substituents is 1. The topological polar surface area (TPSA) is 147 Å². The molecule has 0 heterocycles. The fraction of sp³-hybridized carbons (Fsp3) is 0.0345. The summed E-state index contributed by atoms with van der Waals surface area (Å²) in [6.07, 6.45) is 0.514. The number of carboxylic acid groups (broad SMARTS) is 2. The van der Waals surface area contributed by atoms with E-state index in [-0.39, 0.29) is 39.5 Å². The number of esters is 2. The summed E-state index contributed by atoms with van der Waals surface area (Å²) in [6, 6.07) is 22.4. The molecule has 9 nitrogen and oxygen atoms in total. The quantitative estimate of drug-likeness (QED) is 0.223. The average molecular weight is 512 g/mol. The standard InChI is InChI=1S/C29H20O9/c30-19-9-14-23(27(33)34)25(16-19)29(36)38-21-12-7-18(8-13-21)15-17-5-10-20(11-6-17)37-28(35)24-4-2-1-3-22(24)26(31)32/h1-14,16,30H,15H2,(H,31,32)(H,33,34). The molecular weight excluding hydrogens is 492 g/mol. The van der Waals surface area contributed by atoms with E-state index in [1.54, 1.807) is 54.6 Å². The lowest BCUT2D eigenvalue weighted by Gasteiger charge is -2.09. The van der Waals surface area contributed by atoms with Gasteiger partial charge < -0.3 is 24.8 Å². The fourth-order valence-corrected chi connectivity index (χ4v) is 3.65. The Morgan fingerprint density at radius 3 is 1.50 bits per heavy atom. The van der Waals surface area contributed by atoms with Crippen molar-refractivity contribution in [3.63, 3.8) is 0 Å². The zero-order valence-corrected chi connectivity index (χ0v) is 19.7. The van der Waals surface area contributed by atoms with Gasteiger partial charge in [-0.1, -0.05) is 36.4 Å². The van der Waals surface area contributed by atoms with Gasteiger partial charge in [-0.3, -0.25) is 0 Å². The van der Waals surface area contributed by atoms with Gasteiger partial charge in [-0.15, -0.1) is 0 Å². The van der Waals surface area contributed by atoms with Crippen molar-refractivity contribution in [1.82, 2.24) is 0 Å². The van der Waals surface area contributed by atoms with Crippen molar-refractivity contribution in [2.45, 2.75) is 6.42 Å². The number of aromatic hydroxyl groups is 1. The first-order valence-corrected chi connectivity index (χ1v) is 11.2. The monoisotopic (exact) mass is 512 g/mol. The van der Waals surface area contributed by atoms with Crippen molar-refractivity contribution in [3.8, 4) is 17.2 Å². The molecule has 0 saturated heterocycles. The summed E-state index contributed by atoms with van der Waals surface area (Å²) in [7, 11) is 0. The normalized spacial score (nSPS) is 10.4. The average Bonchev–Trinajstić information content (AvgIpc) is 2.90. The third-order valence-electron chi connectivity index (χ3n) is 5.51. The minimum Gasteiger partial charge on any atom is -0.508 e. The van der Waals surface area contributed by atoms with Gasteiger partial charge in [-0.2, -0.15) is 0 Å². The third kappa shape index (κ3) is 6.03. The second kappa shape index (κ2) is 11.1. The predicted molar refractivity (Wildman–Crippen MR) is 134 cm³/mol. The van der Waals surface area contributed by atoms with Crippen LogP contribution in [0, 0.1) is 0 Å². The summed E-state index contributed by atoms with van der Waals surface area (Å²) in [5.41, 5.74) is 1.03. The fourth-order valence-electron chi connectivity index (χ4n) is 3.65. The molecule has 4 aromatic rings. The molecule has 9 heteroatoms. The van der Waals surface area contributed by atoms with Gasteiger partial charge in [0.25, 0.3) is 0 Å². The Morgan fingerprint density at radius 2 is 1.00 bits per heavy atom. The number of carboxylic acids is 2. The molecule has 0 aliphatic heterocycles. The molecule has 0 atom stereocenters. The van der Waals surface area contributed by atoms with E-state index in [1.165, 1.54) is 24.3 Å². The van der Waals surface area contributed by atoms with Crippen LogP contribution in [0.4, 0.5) is 0 Å². The lowest BCUT2D eigenvalue weighted by Crippen LogP contribution is -2.14. The highest BCUT2D eigenvalue weighted by Crippen LogP contribution is 2.22. The van der Waals surface area contributed by atoms with Gasteiger partial charge in [0.1, 0.15) is 17.2 Å². The maximum atomic E-state index is 12.5. The number of hydrogen-bond donors (Lipinski definition) is 3. The van der Waals surface area contributed by atoms with Crippen LogP contribution < -0.4 is 9.47 Å². The van der Waals surface area contributed by atoms with E-state index < -0.39 is 23.9 Å². The van der Waals surface area contributed by atoms with Gasteiger partial charge in [0.05, 0.1) is 22.3 Å². The Hall–Kier alpha value is -5.44. The van der Waals surface area contributed by atoms with Crippen LogP contribution in [-0.4, -0.2) is 39.2 Å². The highest BCUT2D eigenvalue weighted by molar-refractivity contribution is 6.04. The summed E-state index contributed by atoms with van der Waals surface area (Å²) in [6.45, 7) is 0. The smallest absolute Gasteiger partial charge is 0.344 e. The van der Waals surface area contributed by atoms with E-state index in [1.807, 2.05) is 0 Å². The van der Waals surface area contributed by atoms with Crippen molar-refractivity contribution < 1.29 is 44.0 Å². The number of ether oxygens (including phenoxy) is 2. The molecule has 0 aliphatic carbocycles. The number of aromatic carboxylic acids is 2. The summed E-state index contributed by atoms with van der Waals surface area (Å²) in [4.78, 5) is 47.5. The number of carbonyl (C=O) groups excluding carboxylic acids is 2. The van der Waals surface area contributed by atoms with Crippen LogP contribution in [-0.2, 0) is 6.42 Å². The molecule has 4 aromatic carbocycles. The SMILES string of the molecule is O=C(O)c1ccccc1C(=O)Oc1ccc(Cc2ccc(OC(=O)c3cc(O)ccc3C(=O)O)cc2)cc1. The Balaban J connectivity index is 1.38. The van der Waals surface area contributed by atoms with E-state index in [0.29, 0.717) is 6.42 Å². The lowest BCUT2D eigenvalue weighted by atomic mass is 10.0. The first-order chi connectivity index (χ1) is 18.2. The molecule has 0 amide bonds. The van der Waals surface area contributed by atoms with E-state index in [9.17, 15) is 34.5 Å². The molecule has 0 radical (unpaired) electrons. The molecule has 0 aliphatic rings. The van der Waals surface area contributed by atoms with Gasteiger partial charge >= 0.3 is 23.9 Å². The number of rotatable bonds is 8. The van der Waals surface area contributed by atoms with Crippen LogP contribution in [0.2, 0.25) is 0 Å². The van der Waals surface area contributed by atoms with E-state index >= 15 is 0 Å². The summed E-state index contributed by atoms with van der Waals surface area (Å²) in [5, 5.41) is 28.1. The van der Waals surface area contributed by atoms with Crippen LogP contribution in [0.1, 0.15) is 52.6 Å². The van der Waals surface area contributed by atoms with Crippen LogP contribution in [0.15, 0.2) is 91.0 Å². The van der Waals surface area contributed by atoms with Gasteiger partial charge in [0.2, 0.25) is 0 Å². The van der Waals surface area contributed by atoms with Gasteiger partial charge in [0.15, 0.2) is 0 Å². The molecule has 0 bridgehead atoms. The molecule has 0 spiro atoms. The molecular formula is C29H20O9. The molecule has 3 N–H and O–H groups in total. The predicted octanol–water partition coefficient (Wildman–Crippen LogP) is 4.82. The van der Waals surface area contributed by atoms with Crippen molar-refractivity contribution in [2.75, 3.05) is 0 Å². The number of carbonyl (C=O) groups is 4. The maximum absolute atomic E-state index is 12.5. The molecule has 38 heavy (non-hydrogen) atoms. The molecule has 4 rings (SSSR count). The number of hydrogen-bond acceptors (Lipinski definition) is 7.